The highest BCUT2D eigenvalue weighted by Crippen LogP contribution is 2.24. The van der Waals surface area contributed by atoms with Crippen LogP contribution in [0.3, 0.4) is 0 Å². The second kappa shape index (κ2) is 3.68. The summed E-state index contributed by atoms with van der Waals surface area (Å²) in [6.07, 6.45) is 0. The van der Waals surface area contributed by atoms with Gasteiger partial charge in [0.2, 0.25) is 11.8 Å². The average molecular weight is 300 g/mol. The van der Waals surface area contributed by atoms with Crippen LogP contribution < -0.4 is 0 Å². The standard InChI is InChI=1S/C10H9IN2O/c1-6-3-4-9(11)8(5-6)10-13-12-7(2)14-10/h3-5H,1-2H3. The Morgan fingerprint density at radius 1 is 1.21 bits per heavy atom. The third-order valence-electron chi connectivity index (χ3n) is 1.88. The summed E-state index contributed by atoms with van der Waals surface area (Å²) >= 11 is 2.26. The smallest absolute Gasteiger partial charge is 0.248 e. The van der Waals surface area contributed by atoms with Crippen molar-refractivity contribution < 1.29 is 4.42 Å². The number of hydrogen-bond donors (Lipinski definition) is 0. The number of aryl methyl sites for hydroxylation is 2. The maximum atomic E-state index is 5.38. The molecule has 0 amide bonds. The van der Waals surface area contributed by atoms with Gasteiger partial charge in [-0.05, 0) is 41.6 Å². The van der Waals surface area contributed by atoms with Gasteiger partial charge in [0.15, 0.2) is 0 Å². The summed E-state index contributed by atoms with van der Waals surface area (Å²) in [5, 5.41) is 7.81. The molecule has 14 heavy (non-hydrogen) atoms. The molecule has 0 aliphatic heterocycles. The third-order valence-corrected chi connectivity index (χ3v) is 2.82. The zero-order valence-corrected chi connectivity index (χ0v) is 10.1. The number of benzene rings is 1. The highest BCUT2D eigenvalue weighted by Gasteiger charge is 2.09. The van der Waals surface area contributed by atoms with Crippen molar-refractivity contribution in [2.24, 2.45) is 0 Å². The van der Waals surface area contributed by atoms with Crippen LogP contribution in [0, 0.1) is 17.4 Å². The molecule has 72 valence electrons. The zero-order valence-electron chi connectivity index (χ0n) is 7.91. The van der Waals surface area contributed by atoms with Gasteiger partial charge in [-0.25, -0.2) is 0 Å². The molecule has 0 fully saturated rings. The second-order valence-corrected chi connectivity index (χ2v) is 4.27. The van der Waals surface area contributed by atoms with E-state index in [1.807, 2.05) is 13.0 Å². The summed E-state index contributed by atoms with van der Waals surface area (Å²) in [5.41, 5.74) is 2.20. The van der Waals surface area contributed by atoms with E-state index in [1.54, 1.807) is 6.92 Å². The lowest BCUT2D eigenvalue weighted by Gasteiger charge is -2.00. The van der Waals surface area contributed by atoms with Crippen LogP contribution in [0.15, 0.2) is 22.6 Å². The molecule has 1 aromatic heterocycles. The first kappa shape index (κ1) is 9.64. The Kier molecular flexibility index (Phi) is 2.54. The van der Waals surface area contributed by atoms with Crippen molar-refractivity contribution in [1.82, 2.24) is 10.2 Å². The molecular formula is C10H9IN2O. The van der Waals surface area contributed by atoms with Gasteiger partial charge in [0, 0.05) is 10.5 Å². The maximum Gasteiger partial charge on any atom is 0.248 e. The van der Waals surface area contributed by atoms with E-state index in [4.69, 9.17) is 4.42 Å². The van der Waals surface area contributed by atoms with E-state index in [0.717, 1.165) is 9.13 Å². The minimum atomic E-state index is 0.593. The Bertz CT molecular complexity index is 465. The van der Waals surface area contributed by atoms with Gasteiger partial charge in [-0.15, -0.1) is 10.2 Å². The Labute approximate surface area is 95.7 Å². The number of rotatable bonds is 1. The van der Waals surface area contributed by atoms with E-state index in [9.17, 15) is 0 Å². The van der Waals surface area contributed by atoms with Crippen LogP contribution >= 0.6 is 22.6 Å². The Balaban J connectivity index is 2.55. The molecule has 0 aliphatic rings. The normalized spacial score (nSPS) is 10.5. The van der Waals surface area contributed by atoms with E-state index >= 15 is 0 Å². The van der Waals surface area contributed by atoms with Crippen molar-refractivity contribution in [2.45, 2.75) is 13.8 Å². The zero-order chi connectivity index (χ0) is 10.1. The fourth-order valence-corrected chi connectivity index (χ4v) is 1.77. The van der Waals surface area contributed by atoms with Gasteiger partial charge in [0.25, 0.3) is 0 Å². The fraction of sp³-hybridized carbons (Fsp3) is 0.200. The predicted molar refractivity (Wildman–Crippen MR) is 61.9 cm³/mol. The number of halogens is 1. The molecule has 0 saturated heterocycles. The first-order valence-electron chi connectivity index (χ1n) is 4.23. The highest BCUT2D eigenvalue weighted by atomic mass is 127. The van der Waals surface area contributed by atoms with Crippen LogP contribution in [-0.4, -0.2) is 10.2 Å². The van der Waals surface area contributed by atoms with Gasteiger partial charge in [-0.2, -0.15) is 0 Å². The maximum absolute atomic E-state index is 5.38. The largest absolute Gasteiger partial charge is 0.421 e. The highest BCUT2D eigenvalue weighted by molar-refractivity contribution is 14.1. The molecule has 4 heteroatoms. The molecule has 0 unspecified atom stereocenters. The molecule has 2 rings (SSSR count). The molecule has 1 aromatic carbocycles. The van der Waals surface area contributed by atoms with Crippen LogP contribution in [0.1, 0.15) is 11.5 Å². The summed E-state index contributed by atoms with van der Waals surface area (Å²) in [6.45, 7) is 3.84. The summed E-state index contributed by atoms with van der Waals surface area (Å²) in [5.74, 6) is 1.19. The van der Waals surface area contributed by atoms with Gasteiger partial charge in [-0.3, -0.25) is 0 Å². The molecule has 0 aliphatic carbocycles. The predicted octanol–water partition coefficient (Wildman–Crippen LogP) is 2.96. The van der Waals surface area contributed by atoms with Gasteiger partial charge < -0.3 is 4.42 Å². The Morgan fingerprint density at radius 3 is 2.64 bits per heavy atom. The first-order chi connectivity index (χ1) is 6.66. The van der Waals surface area contributed by atoms with Crippen LogP contribution in [0.2, 0.25) is 0 Å². The summed E-state index contributed by atoms with van der Waals surface area (Å²) in [6, 6.07) is 6.16. The first-order valence-corrected chi connectivity index (χ1v) is 5.31. The van der Waals surface area contributed by atoms with Crippen LogP contribution in [0.5, 0.6) is 0 Å². The molecule has 2 aromatic rings. The van der Waals surface area contributed by atoms with Crippen molar-refractivity contribution in [3.8, 4) is 11.5 Å². The fourth-order valence-electron chi connectivity index (χ4n) is 1.21. The van der Waals surface area contributed by atoms with E-state index in [0.29, 0.717) is 11.8 Å². The van der Waals surface area contributed by atoms with Gasteiger partial charge >= 0.3 is 0 Å². The Hall–Kier alpha value is -0.910. The number of aromatic nitrogens is 2. The van der Waals surface area contributed by atoms with Crippen LogP contribution in [0.4, 0.5) is 0 Å². The topological polar surface area (TPSA) is 38.9 Å². The molecule has 0 saturated carbocycles. The van der Waals surface area contributed by atoms with Gasteiger partial charge in [0.1, 0.15) is 0 Å². The molecule has 1 heterocycles. The van der Waals surface area contributed by atoms with Gasteiger partial charge in [0.05, 0.1) is 5.56 Å². The molecule has 0 atom stereocenters. The molecule has 0 spiro atoms. The van der Waals surface area contributed by atoms with Crippen molar-refractivity contribution in [3.63, 3.8) is 0 Å². The molecule has 0 bridgehead atoms. The van der Waals surface area contributed by atoms with Crippen molar-refractivity contribution >= 4 is 22.6 Å². The number of nitrogens with zero attached hydrogens (tertiary/aromatic N) is 2. The minimum Gasteiger partial charge on any atom is -0.421 e. The van der Waals surface area contributed by atoms with E-state index in [2.05, 4.69) is 44.9 Å². The minimum absolute atomic E-state index is 0.593. The molecule has 3 nitrogen and oxygen atoms in total. The van der Waals surface area contributed by atoms with E-state index in [1.165, 1.54) is 5.56 Å². The summed E-state index contributed by atoms with van der Waals surface area (Å²) in [4.78, 5) is 0. The number of hydrogen-bond acceptors (Lipinski definition) is 3. The average Bonchev–Trinajstić information content (AvgIpc) is 2.56. The summed E-state index contributed by atoms with van der Waals surface area (Å²) < 4.78 is 6.50. The lowest BCUT2D eigenvalue weighted by atomic mass is 10.1. The lowest BCUT2D eigenvalue weighted by Crippen LogP contribution is -1.84. The quantitative estimate of drug-likeness (QED) is 0.760. The summed E-state index contributed by atoms with van der Waals surface area (Å²) in [7, 11) is 0. The van der Waals surface area contributed by atoms with Crippen molar-refractivity contribution in [2.75, 3.05) is 0 Å². The van der Waals surface area contributed by atoms with E-state index in [-0.39, 0.29) is 0 Å². The van der Waals surface area contributed by atoms with Crippen LogP contribution in [0.25, 0.3) is 11.5 Å². The molecule has 0 N–H and O–H groups in total. The SMILES string of the molecule is Cc1ccc(I)c(-c2nnc(C)o2)c1. The molecular weight excluding hydrogens is 291 g/mol. The monoisotopic (exact) mass is 300 g/mol. The molecule has 0 radical (unpaired) electrons. The Morgan fingerprint density at radius 2 is 2.00 bits per heavy atom. The van der Waals surface area contributed by atoms with Crippen molar-refractivity contribution in [3.05, 3.63) is 33.2 Å². The lowest BCUT2D eigenvalue weighted by molar-refractivity contribution is 0.532. The van der Waals surface area contributed by atoms with E-state index < -0.39 is 0 Å². The van der Waals surface area contributed by atoms with Crippen molar-refractivity contribution in [1.29, 1.82) is 0 Å². The third kappa shape index (κ3) is 1.79. The van der Waals surface area contributed by atoms with Gasteiger partial charge in [-0.1, -0.05) is 11.6 Å². The van der Waals surface area contributed by atoms with Crippen LogP contribution in [-0.2, 0) is 0 Å². The second-order valence-electron chi connectivity index (χ2n) is 3.11.